The molecule has 5 nitrogen and oxygen atoms in total. The molecule has 1 aromatic rings. The number of carbonyl (C=O) groups is 1. The molecule has 2 aliphatic carbocycles. The van der Waals surface area contributed by atoms with Gasteiger partial charge in [-0.2, -0.15) is 4.31 Å². The molecule has 1 heterocycles. The zero-order valence-corrected chi connectivity index (χ0v) is 18.9. The molecule has 0 spiro atoms. The molecule has 3 aliphatic rings. The first kappa shape index (κ1) is 20.9. The maximum Gasteiger partial charge on any atom is 0.251 e. The molecule has 2 bridgehead atoms. The third-order valence-electron chi connectivity index (χ3n) is 7.93. The number of hydrogen-bond donors (Lipinski definition) is 1. The average molecular weight is 419 g/mol. The molecule has 1 N–H and O–H groups in total. The standard InChI is InChI=1S/C23H34N2O3S/c1-16-8-9-17(14-19(16)29(27,28)25-12-6-5-7-13-25)20(26)24-21-22(2,3)18-10-11-23(21,4)15-18/h8-9,14,18,21H,5-7,10-13,15H2,1-4H3,(H,24,26)/t18-,21-,23+/m1/s1. The third-order valence-corrected chi connectivity index (χ3v) is 9.97. The van der Waals surface area contributed by atoms with E-state index in [1.165, 1.54) is 6.42 Å². The molecule has 0 radical (unpaired) electrons. The van der Waals surface area contributed by atoms with Gasteiger partial charge in [0.1, 0.15) is 0 Å². The number of piperidine rings is 1. The van der Waals surface area contributed by atoms with E-state index in [0.717, 1.165) is 32.1 Å². The normalized spacial score (nSPS) is 31.7. The van der Waals surface area contributed by atoms with Gasteiger partial charge in [0.25, 0.3) is 5.91 Å². The Bertz CT molecular complexity index is 913. The van der Waals surface area contributed by atoms with E-state index < -0.39 is 10.0 Å². The van der Waals surface area contributed by atoms with Gasteiger partial charge in [-0.25, -0.2) is 8.42 Å². The smallest absolute Gasteiger partial charge is 0.251 e. The summed E-state index contributed by atoms with van der Waals surface area (Å²) in [5.74, 6) is 0.484. The van der Waals surface area contributed by atoms with Gasteiger partial charge >= 0.3 is 0 Å². The molecular formula is C23H34N2O3S. The third kappa shape index (κ3) is 3.42. The SMILES string of the molecule is Cc1ccc(C(=O)N[C@@H]2C(C)(C)[C@@H]3CC[C@@]2(C)C3)cc1S(=O)(=O)N1CCCCC1. The summed E-state index contributed by atoms with van der Waals surface area (Å²) in [6, 6.07) is 5.21. The summed E-state index contributed by atoms with van der Waals surface area (Å²) in [7, 11) is -3.57. The van der Waals surface area contributed by atoms with Crippen LogP contribution in [0.5, 0.6) is 0 Å². The Hall–Kier alpha value is -1.40. The minimum Gasteiger partial charge on any atom is -0.348 e. The highest BCUT2D eigenvalue weighted by Gasteiger charge is 2.59. The van der Waals surface area contributed by atoms with Crippen LogP contribution < -0.4 is 5.32 Å². The number of sulfonamides is 1. The molecule has 160 valence electrons. The molecule has 0 unspecified atom stereocenters. The molecule has 1 saturated heterocycles. The van der Waals surface area contributed by atoms with Gasteiger partial charge in [0.15, 0.2) is 0 Å². The number of carbonyl (C=O) groups excluding carboxylic acids is 1. The summed E-state index contributed by atoms with van der Waals surface area (Å²) in [5, 5.41) is 3.29. The number of rotatable bonds is 4. The van der Waals surface area contributed by atoms with Crippen LogP contribution in [0.15, 0.2) is 23.1 Å². The second-order valence-corrected chi connectivity index (χ2v) is 12.2. The maximum atomic E-state index is 13.2. The van der Waals surface area contributed by atoms with Crippen molar-refractivity contribution in [2.45, 2.75) is 77.2 Å². The highest BCUT2D eigenvalue weighted by Crippen LogP contribution is 2.62. The highest BCUT2D eigenvalue weighted by molar-refractivity contribution is 7.89. The molecule has 1 aromatic carbocycles. The number of hydrogen-bond acceptors (Lipinski definition) is 3. The van der Waals surface area contributed by atoms with Crippen LogP contribution in [-0.4, -0.2) is 37.8 Å². The molecular weight excluding hydrogens is 384 g/mol. The van der Waals surface area contributed by atoms with E-state index in [4.69, 9.17) is 0 Å². The van der Waals surface area contributed by atoms with Crippen molar-refractivity contribution >= 4 is 15.9 Å². The van der Waals surface area contributed by atoms with Gasteiger partial charge in [-0.1, -0.05) is 33.3 Å². The van der Waals surface area contributed by atoms with Crippen LogP contribution in [0.4, 0.5) is 0 Å². The Morgan fingerprint density at radius 3 is 2.45 bits per heavy atom. The van der Waals surface area contributed by atoms with Crippen LogP contribution in [0, 0.1) is 23.7 Å². The number of nitrogens with zero attached hydrogens (tertiary/aromatic N) is 1. The van der Waals surface area contributed by atoms with Crippen molar-refractivity contribution in [1.82, 2.24) is 9.62 Å². The van der Waals surface area contributed by atoms with E-state index in [-0.39, 0.29) is 27.7 Å². The first-order valence-electron chi connectivity index (χ1n) is 11.0. The molecule has 1 aliphatic heterocycles. The molecule has 0 aromatic heterocycles. The molecule has 4 rings (SSSR count). The van der Waals surface area contributed by atoms with Gasteiger partial charge in [0.05, 0.1) is 4.90 Å². The topological polar surface area (TPSA) is 66.5 Å². The quantitative estimate of drug-likeness (QED) is 0.800. The van der Waals surface area contributed by atoms with Crippen LogP contribution in [0.25, 0.3) is 0 Å². The lowest BCUT2D eigenvalue weighted by atomic mass is 9.68. The fourth-order valence-corrected chi connectivity index (χ4v) is 7.91. The van der Waals surface area contributed by atoms with E-state index in [1.807, 2.05) is 0 Å². The number of benzene rings is 1. The maximum absolute atomic E-state index is 13.2. The molecule has 1 amide bonds. The summed E-state index contributed by atoms with van der Waals surface area (Å²) in [4.78, 5) is 13.4. The van der Waals surface area contributed by atoms with Gasteiger partial charge in [0.2, 0.25) is 10.0 Å². The van der Waals surface area contributed by atoms with Crippen LogP contribution in [0.2, 0.25) is 0 Å². The fraction of sp³-hybridized carbons (Fsp3) is 0.696. The van der Waals surface area contributed by atoms with E-state index in [0.29, 0.717) is 30.1 Å². The first-order chi connectivity index (χ1) is 13.6. The van der Waals surface area contributed by atoms with Crippen LogP contribution in [0.3, 0.4) is 0 Å². The number of aryl methyl sites for hydroxylation is 1. The van der Waals surface area contributed by atoms with E-state index in [1.54, 1.807) is 29.4 Å². The number of amides is 1. The van der Waals surface area contributed by atoms with Crippen molar-refractivity contribution in [3.8, 4) is 0 Å². The Morgan fingerprint density at radius 1 is 1.14 bits per heavy atom. The lowest BCUT2D eigenvalue weighted by Gasteiger charge is -2.43. The van der Waals surface area contributed by atoms with Gasteiger partial charge in [-0.05, 0) is 73.5 Å². The van der Waals surface area contributed by atoms with Crippen molar-refractivity contribution in [2.24, 2.45) is 16.7 Å². The predicted molar refractivity (Wildman–Crippen MR) is 114 cm³/mol. The fourth-order valence-electron chi connectivity index (χ4n) is 6.14. The Kier molecular flexibility index (Phi) is 5.10. The summed E-state index contributed by atoms with van der Waals surface area (Å²) in [6.07, 6.45) is 6.41. The Morgan fingerprint density at radius 2 is 1.83 bits per heavy atom. The second-order valence-electron chi connectivity index (χ2n) is 10.3. The van der Waals surface area contributed by atoms with Crippen molar-refractivity contribution in [3.63, 3.8) is 0 Å². The summed E-state index contributed by atoms with van der Waals surface area (Å²) in [6.45, 7) is 9.73. The van der Waals surface area contributed by atoms with Crippen molar-refractivity contribution in [3.05, 3.63) is 29.3 Å². The summed E-state index contributed by atoms with van der Waals surface area (Å²) in [5.41, 5.74) is 1.33. The second kappa shape index (κ2) is 7.09. The molecule has 3 fully saturated rings. The number of fused-ring (bicyclic) bond motifs is 2. The van der Waals surface area contributed by atoms with Gasteiger partial charge in [-0.3, -0.25) is 4.79 Å². The van der Waals surface area contributed by atoms with Crippen molar-refractivity contribution < 1.29 is 13.2 Å². The van der Waals surface area contributed by atoms with Gasteiger partial charge in [-0.15, -0.1) is 0 Å². The lowest BCUT2D eigenvalue weighted by molar-refractivity contribution is 0.0737. The predicted octanol–water partition coefficient (Wildman–Crippen LogP) is 4.11. The van der Waals surface area contributed by atoms with Crippen LogP contribution >= 0.6 is 0 Å². The molecule has 2 saturated carbocycles. The number of nitrogens with one attached hydrogen (secondary N) is 1. The lowest BCUT2D eigenvalue weighted by Crippen LogP contribution is -2.52. The van der Waals surface area contributed by atoms with Crippen LogP contribution in [0.1, 0.15) is 75.2 Å². The largest absolute Gasteiger partial charge is 0.348 e. The monoisotopic (exact) mass is 418 g/mol. The summed E-state index contributed by atoms with van der Waals surface area (Å²) < 4.78 is 27.9. The van der Waals surface area contributed by atoms with Gasteiger partial charge in [0, 0.05) is 24.7 Å². The zero-order valence-electron chi connectivity index (χ0n) is 18.1. The van der Waals surface area contributed by atoms with Gasteiger partial charge < -0.3 is 5.32 Å². The van der Waals surface area contributed by atoms with Crippen molar-refractivity contribution in [2.75, 3.05) is 13.1 Å². The van der Waals surface area contributed by atoms with E-state index in [2.05, 4.69) is 26.1 Å². The zero-order chi connectivity index (χ0) is 21.0. The first-order valence-corrected chi connectivity index (χ1v) is 12.4. The molecule has 29 heavy (non-hydrogen) atoms. The van der Waals surface area contributed by atoms with Crippen LogP contribution in [-0.2, 0) is 10.0 Å². The minimum atomic E-state index is -3.57. The molecule has 3 atom stereocenters. The Labute approximate surface area is 175 Å². The van der Waals surface area contributed by atoms with Crippen molar-refractivity contribution in [1.29, 1.82) is 0 Å². The van der Waals surface area contributed by atoms with E-state index in [9.17, 15) is 13.2 Å². The average Bonchev–Trinajstić information content (AvgIpc) is 3.17. The highest BCUT2D eigenvalue weighted by atomic mass is 32.2. The summed E-state index contributed by atoms with van der Waals surface area (Å²) >= 11 is 0. The Balaban J connectivity index is 1.60. The molecule has 6 heteroatoms. The van der Waals surface area contributed by atoms with E-state index >= 15 is 0 Å². The minimum absolute atomic E-state index is 0.0655.